The van der Waals surface area contributed by atoms with Crippen molar-refractivity contribution in [2.24, 2.45) is 0 Å². The van der Waals surface area contributed by atoms with Crippen molar-refractivity contribution in [2.75, 3.05) is 18.6 Å². The molecule has 1 rings (SSSR count). The quantitative estimate of drug-likeness (QED) is 0.739. The lowest BCUT2D eigenvalue weighted by molar-refractivity contribution is 0.596. The molecule has 0 aliphatic rings. The highest BCUT2D eigenvalue weighted by Gasteiger charge is 2.00. The summed E-state index contributed by atoms with van der Waals surface area (Å²) in [4.78, 5) is 1.17. The summed E-state index contributed by atoms with van der Waals surface area (Å²) in [5.41, 5.74) is 0. The highest BCUT2D eigenvalue weighted by atomic mass is 32.2. The van der Waals surface area contributed by atoms with Crippen molar-refractivity contribution in [1.29, 1.82) is 0 Å². The van der Waals surface area contributed by atoms with Crippen LogP contribution in [0.25, 0.3) is 0 Å². The second kappa shape index (κ2) is 4.74. The maximum absolute atomic E-state index is 10.7. The summed E-state index contributed by atoms with van der Waals surface area (Å²) in [7, 11) is -2.83. The molecule has 0 atom stereocenters. The fourth-order valence-electron chi connectivity index (χ4n) is 0.835. The molecule has 0 amide bonds. The van der Waals surface area contributed by atoms with E-state index in [1.165, 1.54) is 11.1 Å². The van der Waals surface area contributed by atoms with Crippen LogP contribution in [0.4, 0.5) is 0 Å². The second-order valence-electron chi connectivity index (χ2n) is 2.83. The van der Waals surface area contributed by atoms with Crippen molar-refractivity contribution in [3.05, 3.63) is 22.4 Å². The van der Waals surface area contributed by atoms with E-state index in [0.29, 0.717) is 6.54 Å². The Morgan fingerprint density at radius 1 is 1.62 bits per heavy atom. The zero-order valence-corrected chi connectivity index (χ0v) is 9.04. The Labute approximate surface area is 82.7 Å². The molecule has 0 aromatic carbocycles. The van der Waals surface area contributed by atoms with Crippen LogP contribution in [0.3, 0.4) is 0 Å². The van der Waals surface area contributed by atoms with Gasteiger partial charge in [0.2, 0.25) is 0 Å². The van der Waals surface area contributed by atoms with Gasteiger partial charge in [-0.3, -0.25) is 0 Å². The first-order valence-corrected chi connectivity index (χ1v) is 6.79. The monoisotopic (exact) mass is 218 g/mol. The molecule has 3 nitrogen and oxygen atoms in total. The molecule has 1 N–H and O–H groups in total. The lowest BCUT2D eigenvalue weighted by atomic mass is 10.4. The van der Waals surface area contributed by atoms with Crippen molar-refractivity contribution in [3.63, 3.8) is 0 Å². The third kappa shape index (κ3) is 5.02. The molecule has 0 aliphatic carbocycles. The van der Waals surface area contributed by atoms with Gasteiger partial charge in [-0.1, -0.05) is 0 Å². The summed E-state index contributed by atoms with van der Waals surface area (Å²) in [6.45, 7) is 1.24. The lowest BCUT2D eigenvalue weighted by Crippen LogP contribution is -2.21. The van der Waals surface area contributed by atoms with Gasteiger partial charge in [0, 0.05) is 29.6 Å². The van der Waals surface area contributed by atoms with Crippen molar-refractivity contribution < 1.29 is 8.42 Å². The van der Waals surface area contributed by atoms with E-state index in [-0.39, 0.29) is 5.75 Å². The summed E-state index contributed by atoms with van der Waals surface area (Å²) in [5.74, 6) is 0.197. The van der Waals surface area contributed by atoms with Crippen LogP contribution in [0.1, 0.15) is 4.88 Å². The number of hydrogen-bond acceptors (Lipinski definition) is 4. The standard InChI is InChI=1S/C8H12NO2S2/c1-13(10,11)6-4-9-7-8-3-2-5-12-8/h2-3,9H,4,6-7H2,1H3. The van der Waals surface area contributed by atoms with E-state index < -0.39 is 9.84 Å². The number of hydrogen-bond donors (Lipinski definition) is 1. The summed E-state index contributed by atoms with van der Waals surface area (Å²) in [5, 5.41) is 6.03. The first kappa shape index (κ1) is 10.7. The van der Waals surface area contributed by atoms with Gasteiger partial charge in [0.15, 0.2) is 0 Å². The molecule has 0 spiro atoms. The molecule has 1 aromatic rings. The van der Waals surface area contributed by atoms with Crippen LogP contribution in [0.15, 0.2) is 12.1 Å². The van der Waals surface area contributed by atoms with E-state index in [1.807, 2.05) is 12.1 Å². The molecular weight excluding hydrogens is 206 g/mol. The Hall–Kier alpha value is -0.390. The fourth-order valence-corrected chi connectivity index (χ4v) is 1.95. The van der Waals surface area contributed by atoms with Crippen LogP contribution in [-0.4, -0.2) is 27.0 Å². The van der Waals surface area contributed by atoms with Crippen LogP contribution in [-0.2, 0) is 16.4 Å². The van der Waals surface area contributed by atoms with Crippen molar-refractivity contribution >= 4 is 21.2 Å². The van der Waals surface area contributed by atoms with Gasteiger partial charge in [-0.2, -0.15) is 0 Å². The van der Waals surface area contributed by atoms with E-state index in [0.717, 1.165) is 6.54 Å². The van der Waals surface area contributed by atoms with Gasteiger partial charge < -0.3 is 5.32 Å². The molecule has 0 bridgehead atoms. The minimum Gasteiger partial charge on any atom is -0.311 e. The van der Waals surface area contributed by atoms with Gasteiger partial charge in [-0.25, -0.2) is 8.42 Å². The predicted molar refractivity (Wildman–Crippen MR) is 54.6 cm³/mol. The number of sulfone groups is 1. The molecule has 0 aliphatic heterocycles. The van der Waals surface area contributed by atoms with E-state index in [2.05, 4.69) is 10.7 Å². The maximum atomic E-state index is 10.7. The average molecular weight is 218 g/mol. The molecule has 73 valence electrons. The Bertz CT molecular complexity index is 329. The van der Waals surface area contributed by atoms with Crippen molar-refractivity contribution in [3.8, 4) is 0 Å². The fraction of sp³-hybridized carbons (Fsp3) is 0.500. The van der Waals surface area contributed by atoms with E-state index in [1.54, 1.807) is 11.3 Å². The summed E-state index contributed by atoms with van der Waals surface area (Å²) >= 11 is 1.54. The zero-order valence-electron chi connectivity index (χ0n) is 7.41. The summed E-state index contributed by atoms with van der Waals surface area (Å²) in [6, 6.07) is 3.83. The molecule has 1 radical (unpaired) electrons. The minimum absolute atomic E-state index is 0.197. The molecule has 5 heteroatoms. The van der Waals surface area contributed by atoms with Gasteiger partial charge in [0.25, 0.3) is 0 Å². The van der Waals surface area contributed by atoms with Crippen LogP contribution in [0.5, 0.6) is 0 Å². The molecule has 13 heavy (non-hydrogen) atoms. The highest BCUT2D eigenvalue weighted by molar-refractivity contribution is 7.90. The van der Waals surface area contributed by atoms with E-state index in [4.69, 9.17) is 0 Å². The number of thiophene rings is 1. The maximum Gasteiger partial charge on any atom is 0.148 e. The highest BCUT2D eigenvalue weighted by Crippen LogP contribution is 2.06. The summed E-state index contributed by atoms with van der Waals surface area (Å²) < 4.78 is 21.5. The van der Waals surface area contributed by atoms with E-state index in [9.17, 15) is 8.42 Å². The first-order valence-electron chi connectivity index (χ1n) is 3.91. The molecule has 0 saturated heterocycles. The van der Waals surface area contributed by atoms with Crippen LogP contribution < -0.4 is 5.32 Å². The van der Waals surface area contributed by atoms with Gasteiger partial charge in [0.05, 0.1) is 5.75 Å². The molecule has 0 fully saturated rings. The Morgan fingerprint density at radius 2 is 2.38 bits per heavy atom. The Kier molecular flexibility index (Phi) is 3.90. The lowest BCUT2D eigenvalue weighted by Gasteiger charge is -2.00. The molecular formula is C8H12NO2S2. The Balaban J connectivity index is 2.16. The normalized spacial score (nSPS) is 11.8. The molecule has 0 unspecified atom stereocenters. The Morgan fingerprint density at radius 3 is 2.92 bits per heavy atom. The average Bonchev–Trinajstić information content (AvgIpc) is 2.48. The SMILES string of the molecule is CS(=O)(=O)CCNCc1cc[c]s1. The minimum atomic E-state index is -2.83. The van der Waals surface area contributed by atoms with Gasteiger partial charge in [0.1, 0.15) is 9.84 Å². The van der Waals surface area contributed by atoms with Gasteiger partial charge in [-0.05, 0) is 12.1 Å². The molecule has 1 aromatic heterocycles. The number of rotatable bonds is 5. The van der Waals surface area contributed by atoms with Crippen molar-refractivity contribution in [1.82, 2.24) is 5.32 Å². The largest absolute Gasteiger partial charge is 0.311 e. The second-order valence-corrected chi connectivity index (χ2v) is 6.05. The van der Waals surface area contributed by atoms with Gasteiger partial charge in [-0.15, -0.1) is 11.3 Å². The number of nitrogens with one attached hydrogen (secondary N) is 1. The summed E-state index contributed by atoms with van der Waals surface area (Å²) in [6.07, 6.45) is 1.24. The molecule has 1 heterocycles. The first-order chi connectivity index (χ1) is 6.08. The molecule has 0 saturated carbocycles. The van der Waals surface area contributed by atoms with Crippen LogP contribution in [0, 0.1) is 5.38 Å². The van der Waals surface area contributed by atoms with E-state index >= 15 is 0 Å². The zero-order chi connectivity index (χ0) is 9.73. The third-order valence-electron chi connectivity index (χ3n) is 1.48. The third-order valence-corrected chi connectivity index (χ3v) is 3.22. The van der Waals surface area contributed by atoms with Crippen LogP contribution in [0.2, 0.25) is 0 Å². The smallest absolute Gasteiger partial charge is 0.148 e. The van der Waals surface area contributed by atoms with Crippen LogP contribution >= 0.6 is 11.3 Å². The van der Waals surface area contributed by atoms with Gasteiger partial charge >= 0.3 is 0 Å². The topological polar surface area (TPSA) is 46.2 Å². The predicted octanol–water partition coefficient (Wildman–Crippen LogP) is 0.682. The van der Waals surface area contributed by atoms with Crippen molar-refractivity contribution in [2.45, 2.75) is 6.54 Å².